The van der Waals surface area contributed by atoms with E-state index in [9.17, 15) is 0 Å². The Balaban J connectivity index is 2.28. The lowest BCUT2D eigenvalue weighted by Gasteiger charge is -1.96. The number of nitrogens with zero attached hydrogens (tertiary/aromatic N) is 3. The Labute approximate surface area is 93.1 Å². The zero-order chi connectivity index (χ0) is 10.4. The number of pyridine rings is 1. The molecule has 1 fully saturated rings. The van der Waals surface area contributed by atoms with Crippen LogP contribution in [0.25, 0.3) is 10.9 Å². The lowest BCUT2D eigenvalue weighted by Crippen LogP contribution is -1.96. The monoisotopic (exact) mass is 221 g/mol. The molecule has 2 aromatic heterocycles. The summed E-state index contributed by atoms with van der Waals surface area (Å²) in [5.74, 6) is 0.656. The van der Waals surface area contributed by atoms with Crippen molar-refractivity contribution in [3.8, 4) is 0 Å². The maximum Gasteiger partial charge on any atom is 0.131 e. The van der Waals surface area contributed by atoms with Gasteiger partial charge in [0.2, 0.25) is 0 Å². The van der Waals surface area contributed by atoms with Crippen LogP contribution in [0.5, 0.6) is 0 Å². The first kappa shape index (κ1) is 9.16. The fourth-order valence-electron chi connectivity index (χ4n) is 1.97. The average molecular weight is 222 g/mol. The quantitative estimate of drug-likeness (QED) is 0.730. The van der Waals surface area contributed by atoms with E-state index in [-0.39, 0.29) is 0 Å². The van der Waals surface area contributed by atoms with Crippen LogP contribution >= 0.6 is 11.6 Å². The fraction of sp³-hybridized carbons (Fsp3) is 0.455. The SMILES string of the molecule is CCn1nc(C2CC2)c2cnc(Cl)cc21. The van der Waals surface area contributed by atoms with Crippen LogP contribution < -0.4 is 0 Å². The summed E-state index contributed by atoms with van der Waals surface area (Å²) in [6, 6.07) is 1.90. The van der Waals surface area contributed by atoms with Crippen molar-refractivity contribution in [3.05, 3.63) is 23.1 Å². The molecule has 0 radical (unpaired) electrons. The van der Waals surface area contributed by atoms with Gasteiger partial charge in [0.1, 0.15) is 5.15 Å². The van der Waals surface area contributed by atoms with Gasteiger partial charge in [-0.3, -0.25) is 4.68 Å². The molecule has 1 aliphatic rings. The Bertz CT molecular complexity index is 514. The van der Waals surface area contributed by atoms with Crippen molar-refractivity contribution in [2.24, 2.45) is 0 Å². The minimum absolute atomic E-state index is 0.541. The standard InChI is InChI=1S/C11H12ClN3/c1-2-15-9-5-10(12)13-6-8(9)11(14-15)7-3-4-7/h5-7H,2-4H2,1H3. The predicted octanol–water partition coefficient (Wildman–Crippen LogP) is 2.98. The average Bonchev–Trinajstić information content (AvgIpc) is 3.01. The molecule has 2 heterocycles. The zero-order valence-electron chi connectivity index (χ0n) is 8.57. The van der Waals surface area contributed by atoms with Crippen LogP contribution in [0, 0.1) is 0 Å². The number of halogens is 1. The van der Waals surface area contributed by atoms with E-state index in [0.29, 0.717) is 11.1 Å². The molecule has 0 unspecified atom stereocenters. The number of aryl methyl sites for hydroxylation is 1. The molecule has 0 saturated heterocycles. The molecular formula is C11H12ClN3. The highest BCUT2D eigenvalue weighted by Gasteiger charge is 2.29. The summed E-state index contributed by atoms with van der Waals surface area (Å²) in [7, 11) is 0. The lowest BCUT2D eigenvalue weighted by atomic mass is 10.2. The molecular weight excluding hydrogens is 210 g/mol. The van der Waals surface area contributed by atoms with Gasteiger partial charge in [-0.2, -0.15) is 5.10 Å². The van der Waals surface area contributed by atoms with Crippen LogP contribution in [0.1, 0.15) is 31.4 Å². The largest absolute Gasteiger partial charge is 0.265 e. The Kier molecular flexibility index (Phi) is 1.96. The van der Waals surface area contributed by atoms with Crippen molar-refractivity contribution in [2.45, 2.75) is 32.2 Å². The van der Waals surface area contributed by atoms with Gasteiger partial charge in [0, 0.05) is 30.1 Å². The third-order valence-corrected chi connectivity index (χ3v) is 3.10. The Morgan fingerprint density at radius 1 is 1.53 bits per heavy atom. The second-order valence-electron chi connectivity index (χ2n) is 4.00. The Morgan fingerprint density at radius 3 is 3.00 bits per heavy atom. The van der Waals surface area contributed by atoms with Crippen LogP contribution in [0.2, 0.25) is 5.15 Å². The van der Waals surface area contributed by atoms with Gasteiger partial charge in [0.15, 0.2) is 0 Å². The summed E-state index contributed by atoms with van der Waals surface area (Å²) in [6.45, 7) is 2.97. The van der Waals surface area contributed by atoms with Crippen molar-refractivity contribution in [1.82, 2.24) is 14.8 Å². The van der Waals surface area contributed by atoms with Crippen LogP contribution in [-0.4, -0.2) is 14.8 Å². The summed E-state index contributed by atoms with van der Waals surface area (Å²) < 4.78 is 2.01. The van der Waals surface area contributed by atoms with Gasteiger partial charge in [-0.25, -0.2) is 4.98 Å². The summed E-state index contributed by atoms with van der Waals surface area (Å²) in [5.41, 5.74) is 2.32. The molecule has 15 heavy (non-hydrogen) atoms. The first-order valence-corrected chi connectivity index (χ1v) is 5.69. The molecule has 1 saturated carbocycles. The van der Waals surface area contributed by atoms with E-state index >= 15 is 0 Å². The summed E-state index contributed by atoms with van der Waals surface area (Å²) in [4.78, 5) is 4.14. The molecule has 3 rings (SSSR count). The smallest absolute Gasteiger partial charge is 0.131 e. The highest BCUT2D eigenvalue weighted by atomic mass is 35.5. The van der Waals surface area contributed by atoms with Crippen LogP contribution in [-0.2, 0) is 6.54 Å². The van der Waals surface area contributed by atoms with Gasteiger partial charge in [0.05, 0.1) is 11.2 Å². The van der Waals surface area contributed by atoms with Crippen LogP contribution in [0.3, 0.4) is 0 Å². The van der Waals surface area contributed by atoms with Crippen LogP contribution in [0.15, 0.2) is 12.3 Å². The first-order chi connectivity index (χ1) is 7.29. The molecule has 0 bridgehead atoms. The third-order valence-electron chi connectivity index (χ3n) is 2.89. The molecule has 0 spiro atoms. The Hall–Kier alpha value is -1.09. The van der Waals surface area contributed by atoms with Crippen molar-refractivity contribution in [3.63, 3.8) is 0 Å². The van der Waals surface area contributed by atoms with E-state index in [1.54, 1.807) is 0 Å². The minimum atomic E-state index is 0.541. The number of hydrogen-bond donors (Lipinski definition) is 0. The first-order valence-electron chi connectivity index (χ1n) is 5.31. The molecule has 0 aliphatic heterocycles. The molecule has 0 aromatic carbocycles. The zero-order valence-corrected chi connectivity index (χ0v) is 9.33. The van der Waals surface area contributed by atoms with Gasteiger partial charge >= 0.3 is 0 Å². The summed E-state index contributed by atoms with van der Waals surface area (Å²) in [5, 5.41) is 6.34. The lowest BCUT2D eigenvalue weighted by molar-refractivity contribution is 0.669. The maximum atomic E-state index is 5.90. The minimum Gasteiger partial charge on any atom is -0.265 e. The second-order valence-corrected chi connectivity index (χ2v) is 4.39. The normalized spacial score (nSPS) is 16.1. The second kappa shape index (κ2) is 3.20. The molecule has 4 heteroatoms. The topological polar surface area (TPSA) is 30.7 Å². The highest BCUT2D eigenvalue weighted by Crippen LogP contribution is 2.42. The van der Waals surface area contributed by atoms with Crippen molar-refractivity contribution < 1.29 is 0 Å². The van der Waals surface area contributed by atoms with Gasteiger partial charge < -0.3 is 0 Å². The number of hydrogen-bond acceptors (Lipinski definition) is 2. The molecule has 0 N–H and O–H groups in total. The highest BCUT2D eigenvalue weighted by molar-refractivity contribution is 6.30. The molecule has 1 aliphatic carbocycles. The van der Waals surface area contributed by atoms with Gasteiger partial charge in [-0.05, 0) is 19.8 Å². The predicted molar refractivity (Wildman–Crippen MR) is 60.2 cm³/mol. The van der Waals surface area contributed by atoms with E-state index in [0.717, 1.165) is 12.1 Å². The third kappa shape index (κ3) is 1.42. The Morgan fingerprint density at radius 2 is 2.33 bits per heavy atom. The number of rotatable bonds is 2. The van der Waals surface area contributed by atoms with E-state index in [1.165, 1.54) is 23.9 Å². The van der Waals surface area contributed by atoms with Crippen molar-refractivity contribution >= 4 is 22.5 Å². The van der Waals surface area contributed by atoms with Crippen LogP contribution in [0.4, 0.5) is 0 Å². The van der Waals surface area contributed by atoms with E-state index < -0.39 is 0 Å². The summed E-state index contributed by atoms with van der Waals surface area (Å²) >= 11 is 5.90. The van der Waals surface area contributed by atoms with Gasteiger partial charge in [-0.1, -0.05) is 11.6 Å². The molecule has 78 valence electrons. The number of fused-ring (bicyclic) bond motifs is 1. The van der Waals surface area contributed by atoms with Gasteiger partial charge in [-0.15, -0.1) is 0 Å². The number of aromatic nitrogens is 3. The van der Waals surface area contributed by atoms with E-state index in [2.05, 4.69) is 17.0 Å². The van der Waals surface area contributed by atoms with Gasteiger partial charge in [0.25, 0.3) is 0 Å². The molecule has 2 aromatic rings. The van der Waals surface area contributed by atoms with E-state index in [1.807, 2.05) is 16.9 Å². The fourth-order valence-corrected chi connectivity index (χ4v) is 2.12. The van der Waals surface area contributed by atoms with E-state index in [4.69, 9.17) is 11.6 Å². The summed E-state index contributed by atoms with van der Waals surface area (Å²) in [6.07, 6.45) is 4.38. The molecule has 0 amide bonds. The maximum absolute atomic E-state index is 5.90. The molecule has 3 nitrogen and oxygen atoms in total. The molecule has 0 atom stereocenters. The van der Waals surface area contributed by atoms with Crippen molar-refractivity contribution in [2.75, 3.05) is 0 Å². The van der Waals surface area contributed by atoms with Crippen molar-refractivity contribution in [1.29, 1.82) is 0 Å².